The molecule has 0 aromatic heterocycles. The Kier molecular flexibility index (Phi) is 6.39. The lowest BCUT2D eigenvalue weighted by molar-refractivity contribution is 0.725. The van der Waals surface area contributed by atoms with Crippen molar-refractivity contribution in [2.45, 2.75) is 39.2 Å². The van der Waals surface area contributed by atoms with Crippen LogP contribution in [0.5, 0.6) is 0 Å². The SMILES string of the molecule is CCCCCC=CNCc1ccccc1. The topological polar surface area (TPSA) is 12.0 Å². The van der Waals surface area contributed by atoms with Crippen molar-refractivity contribution in [1.29, 1.82) is 0 Å². The maximum atomic E-state index is 3.30. The quantitative estimate of drug-likeness (QED) is 0.663. The number of benzene rings is 1. The minimum absolute atomic E-state index is 0.922. The molecule has 15 heavy (non-hydrogen) atoms. The van der Waals surface area contributed by atoms with E-state index in [1.165, 1.54) is 31.2 Å². The van der Waals surface area contributed by atoms with Crippen molar-refractivity contribution in [3.63, 3.8) is 0 Å². The van der Waals surface area contributed by atoms with E-state index in [9.17, 15) is 0 Å². The van der Waals surface area contributed by atoms with Gasteiger partial charge in [-0.05, 0) is 24.6 Å². The van der Waals surface area contributed by atoms with Crippen molar-refractivity contribution >= 4 is 0 Å². The second kappa shape index (κ2) is 8.10. The molecule has 1 rings (SSSR count). The van der Waals surface area contributed by atoms with E-state index in [1.807, 2.05) is 6.07 Å². The third-order valence-electron chi connectivity index (χ3n) is 2.36. The molecule has 0 aliphatic rings. The van der Waals surface area contributed by atoms with Crippen LogP contribution < -0.4 is 5.32 Å². The Labute approximate surface area is 93.2 Å². The second-order valence-corrected chi connectivity index (χ2v) is 3.76. The van der Waals surface area contributed by atoms with Crippen LogP contribution in [0.2, 0.25) is 0 Å². The van der Waals surface area contributed by atoms with Gasteiger partial charge in [0.25, 0.3) is 0 Å². The molecular weight excluding hydrogens is 182 g/mol. The molecule has 1 aromatic carbocycles. The number of allylic oxidation sites excluding steroid dienone is 1. The zero-order valence-corrected chi connectivity index (χ0v) is 9.58. The Morgan fingerprint density at radius 3 is 2.67 bits per heavy atom. The van der Waals surface area contributed by atoms with E-state index < -0.39 is 0 Å². The van der Waals surface area contributed by atoms with Crippen LogP contribution in [0.1, 0.15) is 38.2 Å². The first-order valence-corrected chi connectivity index (χ1v) is 5.86. The van der Waals surface area contributed by atoms with E-state index >= 15 is 0 Å². The molecule has 1 nitrogen and oxygen atoms in total. The van der Waals surface area contributed by atoms with Crippen molar-refractivity contribution in [3.05, 3.63) is 48.2 Å². The Hall–Kier alpha value is -1.24. The number of hydrogen-bond acceptors (Lipinski definition) is 1. The molecule has 0 fully saturated rings. The average molecular weight is 203 g/mol. The van der Waals surface area contributed by atoms with Crippen LogP contribution in [-0.2, 0) is 6.54 Å². The molecule has 1 heteroatoms. The van der Waals surface area contributed by atoms with Gasteiger partial charge in [0.05, 0.1) is 0 Å². The van der Waals surface area contributed by atoms with Crippen LogP contribution in [0.4, 0.5) is 0 Å². The van der Waals surface area contributed by atoms with Gasteiger partial charge in [0.1, 0.15) is 0 Å². The van der Waals surface area contributed by atoms with Gasteiger partial charge in [-0.2, -0.15) is 0 Å². The summed E-state index contributed by atoms with van der Waals surface area (Å²) < 4.78 is 0. The van der Waals surface area contributed by atoms with E-state index in [1.54, 1.807) is 0 Å². The zero-order chi connectivity index (χ0) is 10.8. The van der Waals surface area contributed by atoms with Gasteiger partial charge < -0.3 is 5.32 Å². The summed E-state index contributed by atoms with van der Waals surface area (Å²) in [6.45, 7) is 3.16. The van der Waals surface area contributed by atoms with E-state index in [-0.39, 0.29) is 0 Å². The van der Waals surface area contributed by atoms with Gasteiger partial charge in [0, 0.05) is 6.54 Å². The molecule has 0 heterocycles. The van der Waals surface area contributed by atoms with Crippen LogP contribution in [-0.4, -0.2) is 0 Å². The van der Waals surface area contributed by atoms with Crippen LogP contribution in [0, 0.1) is 0 Å². The normalized spacial score (nSPS) is 10.7. The van der Waals surface area contributed by atoms with E-state index in [0.717, 1.165) is 6.54 Å². The zero-order valence-electron chi connectivity index (χ0n) is 9.58. The van der Waals surface area contributed by atoms with Crippen LogP contribution in [0.15, 0.2) is 42.6 Å². The summed E-state index contributed by atoms with van der Waals surface area (Å²) in [7, 11) is 0. The first-order chi connectivity index (χ1) is 7.43. The molecule has 0 bridgehead atoms. The average Bonchev–Trinajstić information content (AvgIpc) is 2.29. The molecule has 0 spiro atoms. The number of unbranched alkanes of at least 4 members (excludes halogenated alkanes) is 3. The summed E-state index contributed by atoms with van der Waals surface area (Å²) in [5.74, 6) is 0. The van der Waals surface area contributed by atoms with Gasteiger partial charge >= 0.3 is 0 Å². The molecule has 1 aromatic rings. The summed E-state index contributed by atoms with van der Waals surface area (Å²) in [4.78, 5) is 0. The molecule has 0 radical (unpaired) electrons. The van der Waals surface area contributed by atoms with Gasteiger partial charge in [0.2, 0.25) is 0 Å². The van der Waals surface area contributed by atoms with Gasteiger partial charge in [-0.3, -0.25) is 0 Å². The number of hydrogen-bond donors (Lipinski definition) is 1. The summed E-state index contributed by atoms with van der Waals surface area (Å²) >= 11 is 0. The second-order valence-electron chi connectivity index (χ2n) is 3.76. The molecule has 0 atom stereocenters. The molecular formula is C14H21N. The molecule has 0 aliphatic carbocycles. The van der Waals surface area contributed by atoms with Crippen molar-refractivity contribution < 1.29 is 0 Å². The first kappa shape index (κ1) is 11.8. The third kappa shape index (κ3) is 5.95. The van der Waals surface area contributed by atoms with Crippen LogP contribution in [0.3, 0.4) is 0 Å². The highest BCUT2D eigenvalue weighted by molar-refractivity contribution is 5.14. The minimum atomic E-state index is 0.922. The van der Waals surface area contributed by atoms with Crippen molar-refractivity contribution in [3.8, 4) is 0 Å². The van der Waals surface area contributed by atoms with E-state index in [2.05, 4.69) is 48.8 Å². The maximum Gasteiger partial charge on any atom is 0.0395 e. The fourth-order valence-corrected chi connectivity index (χ4v) is 1.45. The summed E-state index contributed by atoms with van der Waals surface area (Å²) in [6.07, 6.45) is 9.42. The smallest absolute Gasteiger partial charge is 0.0395 e. The number of rotatable bonds is 7. The minimum Gasteiger partial charge on any atom is -0.387 e. The van der Waals surface area contributed by atoms with Crippen LogP contribution in [0.25, 0.3) is 0 Å². The van der Waals surface area contributed by atoms with Gasteiger partial charge in [-0.15, -0.1) is 0 Å². The van der Waals surface area contributed by atoms with E-state index in [0.29, 0.717) is 0 Å². The predicted octanol–water partition coefficient (Wildman–Crippen LogP) is 3.87. The maximum absolute atomic E-state index is 3.30. The van der Waals surface area contributed by atoms with Crippen molar-refractivity contribution in [2.24, 2.45) is 0 Å². The van der Waals surface area contributed by atoms with Crippen LogP contribution >= 0.6 is 0 Å². The molecule has 0 aliphatic heterocycles. The predicted molar refractivity (Wildman–Crippen MR) is 66.6 cm³/mol. The standard InChI is InChI=1S/C14H21N/c1-2-3-4-5-9-12-15-13-14-10-7-6-8-11-14/h6-12,15H,2-5,13H2,1H3. The summed E-state index contributed by atoms with van der Waals surface area (Å²) in [6, 6.07) is 10.5. The summed E-state index contributed by atoms with van der Waals surface area (Å²) in [5.41, 5.74) is 1.33. The molecule has 0 amide bonds. The third-order valence-corrected chi connectivity index (χ3v) is 2.36. The Morgan fingerprint density at radius 1 is 1.13 bits per heavy atom. The Morgan fingerprint density at radius 2 is 1.93 bits per heavy atom. The Bertz CT molecular complexity index is 264. The molecule has 0 saturated heterocycles. The fourth-order valence-electron chi connectivity index (χ4n) is 1.45. The molecule has 82 valence electrons. The fraction of sp³-hybridized carbons (Fsp3) is 0.429. The molecule has 0 saturated carbocycles. The lowest BCUT2D eigenvalue weighted by Gasteiger charge is -2.00. The van der Waals surface area contributed by atoms with Crippen molar-refractivity contribution in [1.82, 2.24) is 5.32 Å². The summed E-state index contributed by atoms with van der Waals surface area (Å²) in [5, 5.41) is 3.30. The highest BCUT2D eigenvalue weighted by Crippen LogP contribution is 1.99. The van der Waals surface area contributed by atoms with E-state index in [4.69, 9.17) is 0 Å². The first-order valence-electron chi connectivity index (χ1n) is 5.86. The lowest BCUT2D eigenvalue weighted by atomic mass is 10.2. The highest BCUT2D eigenvalue weighted by Gasteiger charge is 1.86. The number of nitrogens with one attached hydrogen (secondary N) is 1. The lowest BCUT2D eigenvalue weighted by Crippen LogP contribution is -2.03. The van der Waals surface area contributed by atoms with Gasteiger partial charge in [-0.25, -0.2) is 0 Å². The highest BCUT2D eigenvalue weighted by atomic mass is 14.8. The Balaban J connectivity index is 2.06. The van der Waals surface area contributed by atoms with Crippen molar-refractivity contribution in [2.75, 3.05) is 0 Å². The molecule has 0 unspecified atom stereocenters. The molecule has 1 N–H and O–H groups in total. The van der Waals surface area contributed by atoms with Gasteiger partial charge in [0.15, 0.2) is 0 Å². The largest absolute Gasteiger partial charge is 0.387 e. The monoisotopic (exact) mass is 203 g/mol. The van der Waals surface area contributed by atoms with Gasteiger partial charge in [-0.1, -0.05) is 56.2 Å².